The van der Waals surface area contributed by atoms with Crippen LogP contribution in [0.15, 0.2) is 30.5 Å². The number of hydrogen-bond donors (Lipinski definition) is 2. The molecule has 2 aromatic rings. The lowest BCUT2D eigenvalue weighted by atomic mass is 10.0. The molecule has 3 N–H and O–H groups in total. The first-order valence-corrected chi connectivity index (χ1v) is 7.11. The van der Waals surface area contributed by atoms with E-state index in [0.717, 1.165) is 22.9 Å². The molecule has 0 saturated carbocycles. The van der Waals surface area contributed by atoms with Gasteiger partial charge in [0.2, 0.25) is 5.91 Å². The molecule has 1 amide bonds. The molecular formula is C16H23N3O. The largest absolute Gasteiger partial charge is 0.361 e. The summed E-state index contributed by atoms with van der Waals surface area (Å²) in [7, 11) is 1.82. The predicted molar refractivity (Wildman–Crippen MR) is 82.5 cm³/mol. The molecule has 108 valence electrons. The Labute approximate surface area is 120 Å². The molecule has 2 atom stereocenters. The average molecular weight is 273 g/mol. The Kier molecular flexibility index (Phi) is 4.45. The van der Waals surface area contributed by atoms with Crippen LogP contribution in [0.1, 0.15) is 25.8 Å². The summed E-state index contributed by atoms with van der Waals surface area (Å²) in [5.41, 5.74) is 8.27. The van der Waals surface area contributed by atoms with Crippen molar-refractivity contribution >= 4 is 16.8 Å². The quantitative estimate of drug-likeness (QED) is 0.878. The molecule has 0 saturated heterocycles. The number of carbonyl (C=O) groups excluding carboxylic acids is 1. The van der Waals surface area contributed by atoms with Crippen molar-refractivity contribution in [3.63, 3.8) is 0 Å². The van der Waals surface area contributed by atoms with Crippen LogP contribution in [0.25, 0.3) is 10.9 Å². The van der Waals surface area contributed by atoms with Gasteiger partial charge in [-0.25, -0.2) is 0 Å². The first kappa shape index (κ1) is 14.6. The van der Waals surface area contributed by atoms with Crippen molar-refractivity contribution in [3.8, 4) is 0 Å². The molecule has 0 radical (unpaired) electrons. The number of nitrogens with one attached hydrogen (secondary N) is 1. The molecule has 20 heavy (non-hydrogen) atoms. The van der Waals surface area contributed by atoms with Crippen LogP contribution < -0.4 is 5.73 Å². The molecule has 0 aliphatic rings. The molecule has 2 rings (SSSR count). The van der Waals surface area contributed by atoms with Gasteiger partial charge in [0, 0.05) is 30.2 Å². The van der Waals surface area contributed by atoms with Gasteiger partial charge < -0.3 is 15.6 Å². The fourth-order valence-corrected chi connectivity index (χ4v) is 2.38. The van der Waals surface area contributed by atoms with E-state index < -0.39 is 6.04 Å². The Hall–Kier alpha value is -1.81. The third kappa shape index (κ3) is 2.85. The van der Waals surface area contributed by atoms with Gasteiger partial charge in [0.25, 0.3) is 0 Å². The number of nitrogens with zero attached hydrogens (tertiary/aromatic N) is 1. The molecule has 0 aliphatic heterocycles. The van der Waals surface area contributed by atoms with E-state index in [1.807, 2.05) is 38.4 Å². The van der Waals surface area contributed by atoms with Gasteiger partial charge in [-0.1, -0.05) is 25.1 Å². The minimum absolute atomic E-state index is 0.00429. The van der Waals surface area contributed by atoms with E-state index in [-0.39, 0.29) is 11.9 Å². The van der Waals surface area contributed by atoms with Crippen molar-refractivity contribution in [1.29, 1.82) is 0 Å². The first-order chi connectivity index (χ1) is 9.54. The summed E-state index contributed by atoms with van der Waals surface area (Å²) in [6.07, 6.45) is 3.44. The second kappa shape index (κ2) is 6.09. The lowest BCUT2D eigenvalue weighted by molar-refractivity contribution is -0.133. The standard InChI is InChI=1S/C16H23N3O/c1-4-11(2)19(3)16(20)14(17)9-12-10-18-15-8-6-5-7-13(12)15/h5-8,10-11,14,18H,4,9,17H2,1-3H3. The molecule has 0 aliphatic carbocycles. The number of H-pyrrole nitrogens is 1. The number of aromatic amines is 1. The van der Waals surface area contributed by atoms with Gasteiger partial charge in [-0.15, -0.1) is 0 Å². The Morgan fingerprint density at radius 1 is 1.40 bits per heavy atom. The smallest absolute Gasteiger partial charge is 0.239 e. The number of nitrogens with two attached hydrogens (primary N) is 1. The monoisotopic (exact) mass is 273 g/mol. The zero-order valence-corrected chi connectivity index (χ0v) is 12.4. The molecule has 0 fully saturated rings. The van der Waals surface area contributed by atoms with Gasteiger partial charge in [0.05, 0.1) is 6.04 Å². The van der Waals surface area contributed by atoms with E-state index in [0.29, 0.717) is 6.42 Å². The number of fused-ring (bicyclic) bond motifs is 1. The van der Waals surface area contributed by atoms with Crippen LogP contribution in [-0.2, 0) is 11.2 Å². The van der Waals surface area contributed by atoms with E-state index >= 15 is 0 Å². The second-order valence-electron chi connectivity index (χ2n) is 5.38. The van der Waals surface area contributed by atoms with Crippen LogP contribution in [0.3, 0.4) is 0 Å². The molecule has 1 aromatic carbocycles. The molecule has 1 heterocycles. The Morgan fingerprint density at radius 3 is 2.80 bits per heavy atom. The highest BCUT2D eigenvalue weighted by Crippen LogP contribution is 2.19. The highest BCUT2D eigenvalue weighted by atomic mass is 16.2. The van der Waals surface area contributed by atoms with E-state index in [2.05, 4.69) is 18.0 Å². The summed E-state index contributed by atoms with van der Waals surface area (Å²) >= 11 is 0. The van der Waals surface area contributed by atoms with Crippen LogP contribution in [0, 0.1) is 0 Å². The van der Waals surface area contributed by atoms with Crippen molar-refractivity contribution in [2.75, 3.05) is 7.05 Å². The van der Waals surface area contributed by atoms with Crippen molar-refractivity contribution in [1.82, 2.24) is 9.88 Å². The number of aromatic nitrogens is 1. The first-order valence-electron chi connectivity index (χ1n) is 7.11. The van der Waals surface area contributed by atoms with E-state index in [9.17, 15) is 4.79 Å². The molecule has 4 heteroatoms. The number of hydrogen-bond acceptors (Lipinski definition) is 2. The number of amides is 1. The van der Waals surface area contributed by atoms with Gasteiger partial charge >= 0.3 is 0 Å². The predicted octanol–water partition coefficient (Wildman–Crippen LogP) is 2.29. The Bertz CT molecular complexity index is 590. The fourth-order valence-electron chi connectivity index (χ4n) is 2.38. The van der Waals surface area contributed by atoms with E-state index in [1.54, 1.807) is 4.90 Å². The Balaban J connectivity index is 2.11. The average Bonchev–Trinajstić information content (AvgIpc) is 2.88. The fraction of sp³-hybridized carbons (Fsp3) is 0.438. The molecular weight excluding hydrogens is 250 g/mol. The van der Waals surface area contributed by atoms with Crippen molar-refractivity contribution in [3.05, 3.63) is 36.0 Å². The van der Waals surface area contributed by atoms with Crippen molar-refractivity contribution in [2.24, 2.45) is 5.73 Å². The van der Waals surface area contributed by atoms with Crippen LogP contribution in [0.4, 0.5) is 0 Å². The lowest BCUT2D eigenvalue weighted by Crippen LogP contribution is -2.46. The normalized spacial score (nSPS) is 14.2. The highest BCUT2D eigenvalue weighted by molar-refractivity contribution is 5.86. The van der Waals surface area contributed by atoms with Gasteiger partial charge in [-0.05, 0) is 31.4 Å². The number of carbonyl (C=O) groups is 1. The third-order valence-corrected chi connectivity index (χ3v) is 4.03. The minimum Gasteiger partial charge on any atom is -0.361 e. The molecule has 0 bridgehead atoms. The van der Waals surface area contributed by atoms with Gasteiger partial charge in [-0.2, -0.15) is 0 Å². The molecule has 2 unspecified atom stereocenters. The number of para-hydroxylation sites is 1. The molecule has 0 spiro atoms. The minimum atomic E-state index is -0.492. The zero-order chi connectivity index (χ0) is 14.7. The van der Waals surface area contributed by atoms with Gasteiger partial charge in [-0.3, -0.25) is 4.79 Å². The number of rotatable bonds is 5. The van der Waals surface area contributed by atoms with E-state index in [4.69, 9.17) is 5.73 Å². The second-order valence-corrected chi connectivity index (χ2v) is 5.38. The number of likely N-dealkylation sites (N-methyl/N-ethyl adjacent to an activating group) is 1. The van der Waals surface area contributed by atoms with Crippen molar-refractivity contribution < 1.29 is 4.79 Å². The van der Waals surface area contributed by atoms with Crippen LogP contribution in [0.2, 0.25) is 0 Å². The molecule has 4 nitrogen and oxygen atoms in total. The number of benzene rings is 1. The van der Waals surface area contributed by atoms with Crippen molar-refractivity contribution in [2.45, 2.75) is 38.8 Å². The summed E-state index contributed by atoms with van der Waals surface area (Å²) in [4.78, 5) is 17.3. The topological polar surface area (TPSA) is 62.1 Å². The maximum absolute atomic E-state index is 12.3. The summed E-state index contributed by atoms with van der Waals surface area (Å²) in [6, 6.07) is 7.79. The van der Waals surface area contributed by atoms with Crippen LogP contribution in [-0.4, -0.2) is 34.9 Å². The van der Waals surface area contributed by atoms with Gasteiger partial charge in [0.15, 0.2) is 0 Å². The maximum atomic E-state index is 12.3. The third-order valence-electron chi connectivity index (χ3n) is 4.03. The summed E-state index contributed by atoms with van der Waals surface area (Å²) in [5, 5.41) is 1.14. The maximum Gasteiger partial charge on any atom is 0.239 e. The SMILES string of the molecule is CCC(C)N(C)C(=O)C(N)Cc1c[nH]c2ccccc12. The summed E-state index contributed by atoms with van der Waals surface area (Å²) < 4.78 is 0. The summed E-state index contributed by atoms with van der Waals surface area (Å²) in [5.74, 6) is 0.00429. The summed E-state index contributed by atoms with van der Waals surface area (Å²) in [6.45, 7) is 4.11. The van der Waals surface area contributed by atoms with Crippen LogP contribution in [0.5, 0.6) is 0 Å². The van der Waals surface area contributed by atoms with Crippen LogP contribution >= 0.6 is 0 Å². The Morgan fingerprint density at radius 2 is 2.10 bits per heavy atom. The zero-order valence-electron chi connectivity index (χ0n) is 12.4. The lowest BCUT2D eigenvalue weighted by Gasteiger charge is -2.26. The van der Waals surface area contributed by atoms with E-state index in [1.165, 1.54) is 0 Å². The highest BCUT2D eigenvalue weighted by Gasteiger charge is 2.22. The molecule has 1 aromatic heterocycles. The van der Waals surface area contributed by atoms with Gasteiger partial charge in [0.1, 0.15) is 0 Å².